The van der Waals surface area contributed by atoms with Crippen molar-refractivity contribution in [2.24, 2.45) is 0 Å². The minimum absolute atomic E-state index is 0.660. The number of aldehydes is 1. The molecular formula is C8H4F4O. The number of hydrogen-bond acceptors (Lipinski definition) is 1. The van der Waals surface area contributed by atoms with Crippen molar-refractivity contribution in [3.63, 3.8) is 0 Å². The Labute approximate surface area is 71.0 Å². The number of alkyl halides is 2. The summed E-state index contributed by atoms with van der Waals surface area (Å²) in [6.45, 7) is 0. The van der Waals surface area contributed by atoms with E-state index >= 15 is 0 Å². The smallest absolute Gasteiger partial charge is 0.296 e. The van der Waals surface area contributed by atoms with Crippen LogP contribution in [0.15, 0.2) is 18.2 Å². The van der Waals surface area contributed by atoms with Gasteiger partial charge in [0.15, 0.2) is 17.9 Å². The monoisotopic (exact) mass is 192 g/mol. The molecule has 0 aliphatic heterocycles. The Morgan fingerprint density at radius 2 is 1.85 bits per heavy atom. The second kappa shape index (κ2) is 3.16. The van der Waals surface area contributed by atoms with Gasteiger partial charge in [-0.2, -0.15) is 8.78 Å². The lowest BCUT2D eigenvalue weighted by Gasteiger charge is -2.09. The van der Waals surface area contributed by atoms with Gasteiger partial charge in [-0.25, -0.2) is 8.78 Å². The summed E-state index contributed by atoms with van der Waals surface area (Å²) in [7, 11) is 0. The lowest BCUT2D eigenvalue weighted by atomic mass is 10.1. The summed E-state index contributed by atoms with van der Waals surface area (Å²) in [4.78, 5) is 9.85. The zero-order valence-electron chi connectivity index (χ0n) is 6.23. The van der Waals surface area contributed by atoms with Crippen LogP contribution < -0.4 is 0 Å². The van der Waals surface area contributed by atoms with Gasteiger partial charge in [0, 0.05) is 0 Å². The van der Waals surface area contributed by atoms with Gasteiger partial charge in [-0.3, -0.25) is 4.79 Å². The molecule has 0 atom stereocenters. The summed E-state index contributed by atoms with van der Waals surface area (Å²) in [6, 6.07) is 2.26. The first kappa shape index (κ1) is 9.70. The Morgan fingerprint density at radius 3 is 2.38 bits per heavy atom. The lowest BCUT2D eigenvalue weighted by molar-refractivity contribution is -0.130. The predicted octanol–water partition coefficient (Wildman–Crippen LogP) is 2.26. The summed E-state index contributed by atoms with van der Waals surface area (Å²) in [5, 5.41) is 0. The van der Waals surface area contributed by atoms with Crippen LogP contribution in [-0.2, 0) is 10.7 Å². The number of benzene rings is 1. The van der Waals surface area contributed by atoms with Crippen molar-refractivity contribution in [2.75, 3.05) is 0 Å². The average molecular weight is 192 g/mol. The summed E-state index contributed by atoms with van der Waals surface area (Å²) in [5.74, 6) is -7.08. The first-order chi connectivity index (χ1) is 5.99. The van der Waals surface area contributed by atoms with Crippen LogP contribution in [-0.4, -0.2) is 6.29 Å². The van der Waals surface area contributed by atoms with Crippen LogP contribution in [0, 0.1) is 11.6 Å². The molecule has 0 amide bonds. The van der Waals surface area contributed by atoms with Crippen molar-refractivity contribution in [1.29, 1.82) is 0 Å². The third kappa shape index (κ3) is 1.68. The molecule has 0 aromatic heterocycles. The van der Waals surface area contributed by atoms with E-state index in [1.807, 2.05) is 0 Å². The highest BCUT2D eigenvalue weighted by atomic mass is 19.3. The van der Waals surface area contributed by atoms with Gasteiger partial charge in [-0.15, -0.1) is 0 Å². The molecule has 5 heteroatoms. The van der Waals surface area contributed by atoms with E-state index in [0.29, 0.717) is 12.1 Å². The van der Waals surface area contributed by atoms with Gasteiger partial charge in [0.05, 0.1) is 5.56 Å². The molecule has 1 rings (SSSR count). The van der Waals surface area contributed by atoms with E-state index in [-0.39, 0.29) is 0 Å². The fourth-order valence-corrected chi connectivity index (χ4v) is 0.825. The Kier molecular flexibility index (Phi) is 2.36. The molecule has 0 saturated carbocycles. The van der Waals surface area contributed by atoms with E-state index in [2.05, 4.69) is 0 Å². The van der Waals surface area contributed by atoms with E-state index < -0.39 is 29.4 Å². The molecule has 0 aliphatic rings. The van der Waals surface area contributed by atoms with Crippen molar-refractivity contribution < 1.29 is 22.4 Å². The maximum Gasteiger partial charge on any atom is 0.330 e. The SMILES string of the molecule is O=CC(F)(F)c1cccc(F)c1F. The maximum atomic E-state index is 12.7. The molecule has 13 heavy (non-hydrogen) atoms. The van der Waals surface area contributed by atoms with Crippen LogP contribution in [0.4, 0.5) is 17.6 Å². The molecule has 1 nitrogen and oxygen atoms in total. The molecule has 1 aromatic rings. The second-order valence-corrected chi connectivity index (χ2v) is 2.34. The number of rotatable bonds is 2. The fourth-order valence-electron chi connectivity index (χ4n) is 0.825. The Hall–Kier alpha value is -1.39. The van der Waals surface area contributed by atoms with Gasteiger partial charge >= 0.3 is 5.92 Å². The van der Waals surface area contributed by atoms with Crippen LogP contribution in [0.5, 0.6) is 0 Å². The topological polar surface area (TPSA) is 17.1 Å². The Morgan fingerprint density at radius 1 is 1.23 bits per heavy atom. The zero-order valence-corrected chi connectivity index (χ0v) is 6.23. The van der Waals surface area contributed by atoms with Crippen molar-refractivity contribution in [3.05, 3.63) is 35.4 Å². The molecule has 0 heterocycles. The molecule has 70 valence electrons. The molecule has 0 spiro atoms. The highest BCUT2D eigenvalue weighted by molar-refractivity contribution is 5.63. The highest BCUT2D eigenvalue weighted by Gasteiger charge is 2.34. The molecule has 0 fully saturated rings. The zero-order chi connectivity index (χ0) is 10.1. The minimum atomic E-state index is -3.98. The van der Waals surface area contributed by atoms with Crippen molar-refractivity contribution in [2.45, 2.75) is 5.92 Å². The quantitative estimate of drug-likeness (QED) is 0.518. The molecule has 0 bridgehead atoms. The van der Waals surface area contributed by atoms with Gasteiger partial charge < -0.3 is 0 Å². The molecule has 0 N–H and O–H groups in total. The second-order valence-electron chi connectivity index (χ2n) is 2.34. The van der Waals surface area contributed by atoms with Crippen molar-refractivity contribution in [1.82, 2.24) is 0 Å². The summed E-state index contributed by atoms with van der Waals surface area (Å²) in [5.41, 5.74) is -1.25. The number of carbonyl (C=O) groups is 1. The van der Waals surface area contributed by atoms with Crippen LogP contribution in [0.25, 0.3) is 0 Å². The summed E-state index contributed by atoms with van der Waals surface area (Å²) >= 11 is 0. The summed E-state index contributed by atoms with van der Waals surface area (Å²) < 4.78 is 50.2. The highest BCUT2D eigenvalue weighted by Crippen LogP contribution is 2.28. The Bertz CT molecular complexity index is 335. The largest absolute Gasteiger partial charge is 0.330 e. The third-order valence-corrected chi connectivity index (χ3v) is 1.46. The molecular weight excluding hydrogens is 188 g/mol. The number of halogens is 4. The maximum absolute atomic E-state index is 12.7. The predicted molar refractivity (Wildman–Crippen MR) is 36.3 cm³/mol. The average Bonchev–Trinajstić information content (AvgIpc) is 2.09. The van der Waals surface area contributed by atoms with E-state index in [0.717, 1.165) is 6.07 Å². The molecule has 0 radical (unpaired) electrons. The number of hydrogen-bond donors (Lipinski definition) is 0. The number of carbonyl (C=O) groups excluding carboxylic acids is 1. The standard InChI is InChI=1S/C8H4F4O/c9-6-3-1-2-5(7(6)10)8(11,12)4-13/h1-4H. The van der Waals surface area contributed by atoms with Crippen LogP contribution in [0.1, 0.15) is 5.56 Å². The van der Waals surface area contributed by atoms with E-state index in [9.17, 15) is 22.4 Å². The molecule has 1 aromatic carbocycles. The van der Waals surface area contributed by atoms with E-state index in [4.69, 9.17) is 0 Å². The lowest BCUT2D eigenvalue weighted by Crippen LogP contribution is -2.17. The van der Waals surface area contributed by atoms with Gasteiger partial charge in [0.25, 0.3) is 0 Å². The van der Waals surface area contributed by atoms with Gasteiger partial charge in [0.2, 0.25) is 0 Å². The van der Waals surface area contributed by atoms with E-state index in [1.165, 1.54) is 0 Å². The molecule has 0 aliphatic carbocycles. The van der Waals surface area contributed by atoms with Crippen LogP contribution >= 0.6 is 0 Å². The van der Waals surface area contributed by atoms with Crippen molar-refractivity contribution >= 4 is 6.29 Å². The fraction of sp³-hybridized carbons (Fsp3) is 0.125. The molecule has 0 unspecified atom stereocenters. The van der Waals surface area contributed by atoms with Gasteiger partial charge in [0.1, 0.15) is 0 Å². The van der Waals surface area contributed by atoms with Gasteiger partial charge in [-0.05, 0) is 12.1 Å². The molecule has 0 saturated heterocycles. The summed E-state index contributed by atoms with van der Waals surface area (Å²) in [6.07, 6.45) is -0.731. The normalized spacial score (nSPS) is 11.4. The van der Waals surface area contributed by atoms with Crippen LogP contribution in [0.3, 0.4) is 0 Å². The van der Waals surface area contributed by atoms with Gasteiger partial charge in [-0.1, -0.05) is 6.07 Å². The third-order valence-electron chi connectivity index (χ3n) is 1.46. The van der Waals surface area contributed by atoms with Crippen molar-refractivity contribution in [3.8, 4) is 0 Å². The first-order valence-electron chi connectivity index (χ1n) is 3.27. The minimum Gasteiger partial charge on any atom is -0.296 e. The van der Waals surface area contributed by atoms with E-state index in [1.54, 1.807) is 0 Å². The first-order valence-corrected chi connectivity index (χ1v) is 3.27. The Balaban J connectivity index is 3.30. The van der Waals surface area contributed by atoms with Crippen LogP contribution in [0.2, 0.25) is 0 Å².